The van der Waals surface area contributed by atoms with E-state index in [0.717, 1.165) is 50.7 Å². The van der Waals surface area contributed by atoms with Crippen LogP contribution < -0.4 is 0 Å². The highest BCUT2D eigenvalue weighted by Crippen LogP contribution is 2.22. The minimum absolute atomic E-state index is 0.449. The van der Waals surface area contributed by atoms with Crippen LogP contribution in [0.4, 0.5) is 0 Å². The van der Waals surface area contributed by atoms with Crippen LogP contribution in [0, 0.1) is 11.8 Å². The van der Waals surface area contributed by atoms with E-state index in [9.17, 15) is 9.59 Å². The van der Waals surface area contributed by atoms with Crippen molar-refractivity contribution in [1.82, 2.24) is 0 Å². The van der Waals surface area contributed by atoms with Crippen molar-refractivity contribution in [3.8, 4) is 0 Å². The Hall–Kier alpha value is -1.84. The first kappa shape index (κ1) is 26.2. The summed E-state index contributed by atoms with van der Waals surface area (Å²) in [6.45, 7) is 19.3. The average Bonchev–Trinajstić information content (AvgIpc) is 2.58. The van der Waals surface area contributed by atoms with Gasteiger partial charge >= 0.3 is 11.9 Å². The molecule has 0 aromatic heterocycles. The van der Waals surface area contributed by atoms with Gasteiger partial charge in [0.15, 0.2) is 0 Å². The van der Waals surface area contributed by atoms with E-state index in [1.54, 1.807) is 0 Å². The fourth-order valence-corrected chi connectivity index (χ4v) is 2.79. The molecule has 0 heterocycles. The Morgan fingerprint density at radius 2 is 1.11 bits per heavy atom. The van der Waals surface area contributed by atoms with Gasteiger partial charge in [-0.25, -0.2) is 9.59 Å². The average molecular weight is 393 g/mol. The van der Waals surface area contributed by atoms with E-state index in [1.807, 2.05) is 39.8 Å². The van der Waals surface area contributed by atoms with Gasteiger partial charge < -0.3 is 9.47 Å². The lowest BCUT2D eigenvalue weighted by atomic mass is 9.96. The van der Waals surface area contributed by atoms with Crippen LogP contribution in [0.3, 0.4) is 0 Å². The van der Waals surface area contributed by atoms with Crippen LogP contribution in [-0.4, -0.2) is 23.1 Å². The maximum absolute atomic E-state index is 12.0. The number of hydrogen-bond acceptors (Lipinski definition) is 4. The molecule has 0 N–H and O–H groups in total. The van der Waals surface area contributed by atoms with E-state index in [1.165, 1.54) is 0 Å². The molecule has 28 heavy (non-hydrogen) atoms. The zero-order valence-corrected chi connectivity index (χ0v) is 18.8. The van der Waals surface area contributed by atoms with E-state index in [2.05, 4.69) is 27.0 Å². The molecule has 2 unspecified atom stereocenters. The Morgan fingerprint density at radius 1 is 0.786 bits per heavy atom. The maximum atomic E-state index is 12.0. The van der Waals surface area contributed by atoms with E-state index < -0.39 is 23.1 Å². The number of carbonyl (C=O) groups is 2. The highest BCUT2D eigenvalue weighted by molar-refractivity contribution is 5.91. The number of esters is 2. The number of carbonyl (C=O) groups excluding carboxylic acids is 2. The molecule has 0 aliphatic rings. The molecule has 0 saturated heterocycles. The van der Waals surface area contributed by atoms with Crippen molar-refractivity contribution in [2.75, 3.05) is 0 Å². The van der Waals surface area contributed by atoms with Crippen molar-refractivity contribution >= 4 is 11.9 Å². The molecule has 160 valence electrons. The summed E-state index contributed by atoms with van der Waals surface area (Å²) in [5.74, 6) is -0.165. The van der Waals surface area contributed by atoms with Gasteiger partial charge in [-0.1, -0.05) is 26.0 Å². The minimum atomic E-state index is -0.576. The summed E-state index contributed by atoms with van der Waals surface area (Å²) >= 11 is 0. The number of hydrogen-bond donors (Lipinski definition) is 0. The van der Waals surface area contributed by atoms with E-state index in [-0.39, 0.29) is 0 Å². The maximum Gasteiger partial charge on any atom is 0.331 e. The van der Waals surface area contributed by atoms with Crippen LogP contribution in [0.2, 0.25) is 0 Å². The lowest BCUT2D eigenvalue weighted by Gasteiger charge is -2.25. The molecule has 0 aromatic rings. The van der Waals surface area contributed by atoms with Crippen LogP contribution in [0.5, 0.6) is 0 Å². The molecule has 0 amide bonds. The molecule has 0 aliphatic carbocycles. The molecule has 0 spiro atoms. The second-order valence-electron chi connectivity index (χ2n) is 8.91. The van der Waals surface area contributed by atoms with Gasteiger partial charge in [0.25, 0.3) is 0 Å². The molecular formula is C24H40O4. The van der Waals surface area contributed by atoms with Crippen LogP contribution in [0.15, 0.2) is 37.5 Å². The highest BCUT2D eigenvalue weighted by atomic mass is 16.6. The predicted octanol–water partition coefficient (Wildman–Crippen LogP) is 6.17. The molecule has 0 bridgehead atoms. The summed E-state index contributed by atoms with van der Waals surface area (Å²) in [4.78, 5) is 24.0. The normalized spacial score (nSPS) is 14.4. The van der Waals surface area contributed by atoms with Gasteiger partial charge in [-0.05, 0) is 78.1 Å². The molecule has 0 rings (SSSR count). The summed E-state index contributed by atoms with van der Waals surface area (Å²) in [6, 6.07) is 0. The van der Waals surface area contributed by atoms with E-state index in [4.69, 9.17) is 9.47 Å². The SMILES string of the molecule is C=CC(C)CCCC(C)(C)OC(=O)C=CC(=O)OC(C)(C)CCCC(C)C=C. The Bertz CT molecular complexity index is 495. The summed E-state index contributed by atoms with van der Waals surface area (Å²) in [7, 11) is 0. The van der Waals surface area contributed by atoms with Crippen molar-refractivity contribution < 1.29 is 19.1 Å². The monoisotopic (exact) mass is 392 g/mol. The molecule has 0 aromatic carbocycles. The molecule has 4 heteroatoms. The second kappa shape index (κ2) is 12.6. The molecule has 2 atom stereocenters. The van der Waals surface area contributed by atoms with Crippen molar-refractivity contribution in [1.29, 1.82) is 0 Å². The minimum Gasteiger partial charge on any atom is -0.457 e. The lowest BCUT2D eigenvalue weighted by molar-refractivity contribution is -0.153. The largest absolute Gasteiger partial charge is 0.457 e. The third-order valence-electron chi connectivity index (χ3n) is 4.79. The Labute approximate surface area is 172 Å². The van der Waals surface area contributed by atoms with Gasteiger partial charge in [0.1, 0.15) is 11.2 Å². The first-order chi connectivity index (χ1) is 12.9. The van der Waals surface area contributed by atoms with Crippen molar-refractivity contribution in [2.24, 2.45) is 11.8 Å². The molecule has 0 fully saturated rings. The molecular weight excluding hydrogens is 352 g/mol. The van der Waals surface area contributed by atoms with Gasteiger partial charge in [-0.2, -0.15) is 0 Å². The van der Waals surface area contributed by atoms with Crippen LogP contribution in [-0.2, 0) is 19.1 Å². The Balaban J connectivity index is 4.38. The topological polar surface area (TPSA) is 52.6 Å². The lowest BCUT2D eigenvalue weighted by Crippen LogP contribution is -2.28. The first-order valence-electron chi connectivity index (χ1n) is 10.3. The third-order valence-corrected chi connectivity index (χ3v) is 4.79. The summed E-state index contributed by atoms with van der Waals surface area (Å²) in [6.07, 6.45) is 11.6. The predicted molar refractivity (Wildman–Crippen MR) is 116 cm³/mol. The fourth-order valence-electron chi connectivity index (χ4n) is 2.79. The second-order valence-corrected chi connectivity index (χ2v) is 8.91. The summed E-state index contributed by atoms with van der Waals surface area (Å²) in [5, 5.41) is 0. The number of allylic oxidation sites excluding steroid dienone is 2. The molecule has 4 nitrogen and oxygen atoms in total. The van der Waals surface area contributed by atoms with Crippen LogP contribution in [0.1, 0.15) is 80.1 Å². The van der Waals surface area contributed by atoms with Crippen LogP contribution in [0.25, 0.3) is 0 Å². The first-order valence-corrected chi connectivity index (χ1v) is 10.3. The van der Waals surface area contributed by atoms with Crippen LogP contribution >= 0.6 is 0 Å². The van der Waals surface area contributed by atoms with E-state index in [0.29, 0.717) is 11.8 Å². The zero-order chi connectivity index (χ0) is 21.8. The Kier molecular flexibility index (Phi) is 11.8. The smallest absolute Gasteiger partial charge is 0.331 e. The van der Waals surface area contributed by atoms with Gasteiger partial charge in [0.2, 0.25) is 0 Å². The van der Waals surface area contributed by atoms with Gasteiger partial charge in [0.05, 0.1) is 0 Å². The number of rotatable bonds is 14. The summed E-state index contributed by atoms with van der Waals surface area (Å²) in [5.41, 5.74) is -1.15. The Morgan fingerprint density at radius 3 is 1.39 bits per heavy atom. The third kappa shape index (κ3) is 13.3. The molecule has 0 radical (unpaired) electrons. The fraction of sp³-hybridized carbons (Fsp3) is 0.667. The van der Waals surface area contributed by atoms with Crippen molar-refractivity contribution in [2.45, 2.75) is 91.3 Å². The van der Waals surface area contributed by atoms with Crippen molar-refractivity contribution in [3.63, 3.8) is 0 Å². The highest BCUT2D eigenvalue weighted by Gasteiger charge is 2.23. The van der Waals surface area contributed by atoms with Crippen molar-refractivity contribution in [3.05, 3.63) is 37.5 Å². The quantitative estimate of drug-likeness (QED) is 0.201. The van der Waals surface area contributed by atoms with E-state index >= 15 is 0 Å². The zero-order valence-electron chi connectivity index (χ0n) is 18.8. The number of ether oxygens (including phenoxy) is 2. The standard InChI is InChI=1S/C24H40O4/c1-9-19(3)13-11-17-23(5,6)27-21(25)15-16-22(26)28-24(7,8)18-12-14-20(4)10-2/h9-10,15-16,19-20H,1-2,11-14,17-18H2,3-8H3. The molecule has 0 saturated carbocycles. The van der Waals surface area contributed by atoms with Gasteiger partial charge in [-0.3, -0.25) is 0 Å². The molecule has 0 aliphatic heterocycles. The van der Waals surface area contributed by atoms with Gasteiger partial charge in [-0.15, -0.1) is 13.2 Å². The summed E-state index contributed by atoms with van der Waals surface area (Å²) < 4.78 is 10.9. The van der Waals surface area contributed by atoms with Gasteiger partial charge in [0, 0.05) is 12.2 Å².